The first kappa shape index (κ1) is 17.6. The van der Waals surface area contributed by atoms with Crippen molar-refractivity contribution in [3.63, 3.8) is 0 Å². The minimum absolute atomic E-state index is 0. The van der Waals surface area contributed by atoms with E-state index in [4.69, 9.17) is 4.74 Å². The summed E-state index contributed by atoms with van der Waals surface area (Å²) in [6.07, 6.45) is 0.813. The van der Waals surface area contributed by atoms with Crippen LogP contribution in [0.2, 0.25) is 0 Å². The Morgan fingerprint density at radius 1 is 1.24 bits per heavy atom. The van der Waals surface area contributed by atoms with E-state index < -0.39 is 0 Å². The molecule has 0 unspecified atom stereocenters. The largest absolute Gasteiger partial charge is 0.464 e. The van der Waals surface area contributed by atoms with Crippen molar-refractivity contribution in [3.05, 3.63) is 10.4 Å². The summed E-state index contributed by atoms with van der Waals surface area (Å²) < 4.78 is 9.04. The maximum atomic E-state index is 13.0. The molecule has 0 saturated carbocycles. The van der Waals surface area contributed by atoms with Gasteiger partial charge in [0, 0.05) is 32.7 Å². The standard InChI is InChI=1S/C16H20N6O2.ClH/c1-2-3-7-21-12-13(18-15(21)20-9-5-17-6-10-20)19-16-22(14(12)23)8-4-11-24-16;/h17H,4-11H2,1H3;1H. The van der Waals surface area contributed by atoms with Gasteiger partial charge in [-0.05, 0) is 13.3 Å². The first-order chi connectivity index (χ1) is 11.8. The molecule has 2 aromatic heterocycles. The van der Waals surface area contributed by atoms with Crippen molar-refractivity contribution >= 4 is 29.5 Å². The van der Waals surface area contributed by atoms with Gasteiger partial charge >= 0.3 is 6.01 Å². The lowest BCUT2D eigenvalue weighted by Gasteiger charge is -2.28. The molecule has 25 heavy (non-hydrogen) atoms. The van der Waals surface area contributed by atoms with Gasteiger partial charge in [-0.25, -0.2) is 0 Å². The van der Waals surface area contributed by atoms with Gasteiger partial charge in [-0.2, -0.15) is 9.97 Å². The van der Waals surface area contributed by atoms with Crippen molar-refractivity contribution in [2.45, 2.75) is 26.4 Å². The van der Waals surface area contributed by atoms with Crippen LogP contribution in [-0.2, 0) is 13.1 Å². The van der Waals surface area contributed by atoms with E-state index in [0.29, 0.717) is 36.9 Å². The first-order valence-corrected chi connectivity index (χ1v) is 8.28. The molecule has 0 amide bonds. The van der Waals surface area contributed by atoms with Crippen LogP contribution in [0.3, 0.4) is 0 Å². The summed E-state index contributed by atoms with van der Waals surface area (Å²) >= 11 is 0. The predicted octanol–water partition coefficient (Wildman–Crippen LogP) is 0.230. The first-order valence-electron chi connectivity index (χ1n) is 8.28. The number of aromatic nitrogens is 4. The Labute approximate surface area is 151 Å². The second-order valence-electron chi connectivity index (χ2n) is 5.89. The maximum Gasteiger partial charge on any atom is 0.301 e. The molecule has 0 aliphatic carbocycles. The Morgan fingerprint density at radius 3 is 2.80 bits per heavy atom. The van der Waals surface area contributed by atoms with E-state index in [1.807, 2.05) is 4.57 Å². The minimum Gasteiger partial charge on any atom is -0.464 e. The van der Waals surface area contributed by atoms with Crippen molar-refractivity contribution in [2.24, 2.45) is 0 Å². The summed E-state index contributed by atoms with van der Waals surface area (Å²) in [6.45, 7) is 6.94. The Bertz CT molecular complexity index is 888. The van der Waals surface area contributed by atoms with E-state index >= 15 is 0 Å². The van der Waals surface area contributed by atoms with E-state index in [0.717, 1.165) is 38.5 Å². The molecule has 1 saturated heterocycles. The molecule has 2 aromatic rings. The molecule has 0 atom stereocenters. The summed E-state index contributed by atoms with van der Waals surface area (Å²) in [5.41, 5.74) is 0.863. The molecule has 134 valence electrons. The highest BCUT2D eigenvalue weighted by atomic mass is 35.5. The third-order valence-electron chi connectivity index (χ3n) is 4.38. The Morgan fingerprint density at radius 2 is 2.04 bits per heavy atom. The highest BCUT2D eigenvalue weighted by Crippen LogP contribution is 2.22. The Hall–Kier alpha value is -2.24. The smallest absolute Gasteiger partial charge is 0.301 e. The highest BCUT2D eigenvalue weighted by Gasteiger charge is 2.24. The van der Waals surface area contributed by atoms with Crippen LogP contribution >= 0.6 is 12.4 Å². The van der Waals surface area contributed by atoms with Crippen LogP contribution < -0.4 is 20.5 Å². The van der Waals surface area contributed by atoms with E-state index in [1.54, 1.807) is 11.5 Å². The van der Waals surface area contributed by atoms with Crippen molar-refractivity contribution in [1.82, 2.24) is 24.4 Å². The van der Waals surface area contributed by atoms with Gasteiger partial charge in [0.1, 0.15) is 0 Å². The summed E-state index contributed by atoms with van der Waals surface area (Å²) in [5, 5.41) is 3.33. The molecule has 9 heteroatoms. The van der Waals surface area contributed by atoms with Gasteiger partial charge < -0.3 is 15.0 Å². The van der Waals surface area contributed by atoms with Crippen LogP contribution in [-0.4, -0.2) is 51.9 Å². The van der Waals surface area contributed by atoms with Crippen molar-refractivity contribution in [2.75, 3.05) is 37.7 Å². The van der Waals surface area contributed by atoms with Gasteiger partial charge in [0.2, 0.25) is 5.95 Å². The molecule has 2 aliphatic heterocycles. The highest BCUT2D eigenvalue weighted by molar-refractivity contribution is 5.85. The summed E-state index contributed by atoms with van der Waals surface area (Å²) in [7, 11) is 0. The molecule has 0 aromatic carbocycles. The van der Waals surface area contributed by atoms with Crippen molar-refractivity contribution in [1.29, 1.82) is 0 Å². The number of fused-ring (bicyclic) bond motifs is 2. The van der Waals surface area contributed by atoms with Gasteiger partial charge in [-0.3, -0.25) is 13.9 Å². The lowest BCUT2D eigenvalue weighted by atomic mass is 10.4. The maximum absolute atomic E-state index is 13.0. The fourth-order valence-corrected chi connectivity index (χ4v) is 3.19. The predicted molar refractivity (Wildman–Crippen MR) is 97.7 cm³/mol. The number of rotatable bonds is 2. The van der Waals surface area contributed by atoms with Gasteiger partial charge in [0.15, 0.2) is 11.2 Å². The zero-order valence-corrected chi connectivity index (χ0v) is 14.9. The number of nitrogens with one attached hydrogen (secondary N) is 1. The van der Waals surface area contributed by atoms with Crippen molar-refractivity contribution < 1.29 is 4.74 Å². The summed E-state index contributed by atoms with van der Waals surface area (Å²) in [6, 6.07) is 0.372. The Balaban J connectivity index is 0.00000182. The van der Waals surface area contributed by atoms with Gasteiger partial charge in [-0.1, -0.05) is 5.92 Å². The van der Waals surface area contributed by atoms with Crippen LogP contribution in [0.1, 0.15) is 13.3 Å². The summed E-state index contributed by atoms with van der Waals surface area (Å²) in [5.74, 6) is 6.72. The lowest BCUT2D eigenvalue weighted by molar-refractivity contribution is 0.224. The van der Waals surface area contributed by atoms with Crippen LogP contribution in [0.4, 0.5) is 5.95 Å². The number of halogens is 1. The van der Waals surface area contributed by atoms with Gasteiger partial charge in [0.25, 0.3) is 5.56 Å². The van der Waals surface area contributed by atoms with Crippen LogP contribution in [0.15, 0.2) is 4.79 Å². The molecule has 2 aliphatic rings. The molecule has 4 heterocycles. The normalized spacial score (nSPS) is 16.4. The number of piperazine rings is 1. The van der Waals surface area contributed by atoms with E-state index in [2.05, 4.69) is 32.0 Å². The van der Waals surface area contributed by atoms with Gasteiger partial charge in [0.05, 0.1) is 13.2 Å². The molecule has 0 bridgehead atoms. The molecule has 0 radical (unpaired) electrons. The molecule has 1 fully saturated rings. The van der Waals surface area contributed by atoms with Crippen LogP contribution in [0, 0.1) is 11.8 Å². The Kier molecular flexibility index (Phi) is 5.16. The minimum atomic E-state index is -0.0958. The number of hydrogen-bond acceptors (Lipinski definition) is 6. The second kappa shape index (κ2) is 7.33. The second-order valence-corrected chi connectivity index (χ2v) is 5.89. The van der Waals surface area contributed by atoms with Crippen LogP contribution in [0.5, 0.6) is 6.01 Å². The number of anilines is 1. The number of ether oxygens (including phenoxy) is 1. The number of imidazole rings is 1. The third-order valence-corrected chi connectivity index (χ3v) is 4.38. The lowest BCUT2D eigenvalue weighted by Crippen LogP contribution is -2.44. The monoisotopic (exact) mass is 364 g/mol. The van der Waals surface area contributed by atoms with Gasteiger partial charge in [-0.15, -0.1) is 18.3 Å². The third kappa shape index (κ3) is 3.05. The number of nitrogens with zero attached hydrogens (tertiary/aromatic N) is 5. The van der Waals surface area contributed by atoms with E-state index in [1.165, 1.54) is 0 Å². The fraction of sp³-hybridized carbons (Fsp3) is 0.562. The quantitative estimate of drug-likeness (QED) is 0.769. The molecular weight excluding hydrogens is 344 g/mol. The fourth-order valence-electron chi connectivity index (χ4n) is 3.19. The zero-order chi connectivity index (χ0) is 16.5. The zero-order valence-electron chi connectivity index (χ0n) is 14.1. The summed E-state index contributed by atoms with van der Waals surface area (Å²) in [4.78, 5) is 24.3. The van der Waals surface area contributed by atoms with E-state index in [-0.39, 0.29) is 18.0 Å². The molecule has 4 rings (SSSR count). The van der Waals surface area contributed by atoms with Crippen molar-refractivity contribution in [3.8, 4) is 17.9 Å². The SMILES string of the molecule is CC#CCn1c(N2CCNCC2)nc2nc3n(c(=O)c21)CCCO3.Cl. The average molecular weight is 365 g/mol. The molecule has 8 nitrogen and oxygen atoms in total. The van der Waals surface area contributed by atoms with E-state index in [9.17, 15) is 4.79 Å². The van der Waals surface area contributed by atoms with Crippen LogP contribution in [0.25, 0.3) is 11.2 Å². The number of hydrogen-bond donors (Lipinski definition) is 1. The molecule has 1 N–H and O–H groups in total. The average Bonchev–Trinajstić information content (AvgIpc) is 2.99. The molecular formula is C16H21ClN6O2. The topological polar surface area (TPSA) is 77.2 Å². The molecule has 0 spiro atoms.